The lowest BCUT2D eigenvalue weighted by atomic mass is 9.48. The fraction of sp³-hybridized carbons (Fsp3) is 0.520. The van der Waals surface area contributed by atoms with Gasteiger partial charge in [0.2, 0.25) is 0 Å². The Morgan fingerprint density at radius 1 is 0.926 bits per heavy atom. The van der Waals surface area contributed by atoms with E-state index in [1.54, 1.807) is 0 Å². The Morgan fingerprint density at radius 2 is 1.52 bits per heavy atom. The predicted octanol–water partition coefficient (Wildman–Crippen LogP) is 5.59. The summed E-state index contributed by atoms with van der Waals surface area (Å²) in [6.45, 7) is 0.784. The second-order valence-corrected chi connectivity index (χ2v) is 9.83. The molecule has 0 spiro atoms. The number of benzene rings is 2. The zero-order chi connectivity index (χ0) is 18.6. The lowest BCUT2D eigenvalue weighted by Crippen LogP contribution is -2.48. The average Bonchev–Trinajstić information content (AvgIpc) is 2.62. The van der Waals surface area contributed by atoms with Crippen LogP contribution < -0.4 is 0 Å². The normalized spacial score (nSPS) is 31.6. The Morgan fingerprint density at radius 3 is 2.07 bits per heavy atom. The molecule has 4 fully saturated rings. The van der Waals surface area contributed by atoms with Crippen LogP contribution in [0.15, 0.2) is 42.5 Å². The summed E-state index contributed by atoms with van der Waals surface area (Å²) in [6, 6.07) is 15.1. The Balaban J connectivity index is 1.64. The molecule has 0 radical (unpaired) electrons. The number of phenolic OH excluding ortho intramolecular Hbond substituents is 1. The van der Waals surface area contributed by atoms with Crippen LogP contribution in [-0.2, 0) is 12.0 Å². The quantitative estimate of drug-likeness (QED) is 0.767. The van der Waals surface area contributed by atoms with Gasteiger partial charge in [-0.2, -0.15) is 0 Å². The van der Waals surface area contributed by atoms with Crippen LogP contribution in [0.2, 0.25) is 0 Å². The molecule has 4 aliphatic rings. The molecule has 2 aromatic carbocycles. The molecule has 2 nitrogen and oxygen atoms in total. The van der Waals surface area contributed by atoms with Crippen LogP contribution in [0.5, 0.6) is 5.75 Å². The van der Waals surface area contributed by atoms with Gasteiger partial charge in [-0.05, 0) is 93.0 Å². The van der Waals surface area contributed by atoms with Crippen molar-refractivity contribution in [3.63, 3.8) is 0 Å². The minimum atomic E-state index is 0.354. The number of nitrogens with zero attached hydrogens (tertiary/aromatic N) is 1. The highest BCUT2D eigenvalue weighted by molar-refractivity contribution is 5.73. The molecule has 0 aliphatic heterocycles. The summed E-state index contributed by atoms with van der Waals surface area (Å²) in [7, 11) is 4.16. The highest BCUT2D eigenvalue weighted by atomic mass is 16.3. The number of rotatable bonds is 4. The second kappa shape index (κ2) is 6.38. The summed E-state index contributed by atoms with van der Waals surface area (Å²) in [5.74, 6) is 3.26. The van der Waals surface area contributed by atoms with E-state index in [1.165, 1.54) is 44.1 Å². The Kier molecular flexibility index (Phi) is 4.09. The van der Waals surface area contributed by atoms with Crippen molar-refractivity contribution in [1.29, 1.82) is 0 Å². The molecule has 0 aromatic heterocycles. The predicted molar refractivity (Wildman–Crippen MR) is 111 cm³/mol. The van der Waals surface area contributed by atoms with Crippen molar-refractivity contribution in [1.82, 2.24) is 4.90 Å². The van der Waals surface area contributed by atoms with Crippen molar-refractivity contribution in [2.24, 2.45) is 17.8 Å². The Hall–Kier alpha value is -1.80. The van der Waals surface area contributed by atoms with Gasteiger partial charge >= 0.3 is 0 Å². The monoisotopic (exact) mass is 361 g/mol. The molecule has 2 heteroatoms. The summed E-state index contributed by atoms with van der Waals surface area (Å²) < 4.78 is 0. The van der Waals surface area contributed by atoms with Gasteiger partial charge in [0, 0.05) is 17.7 Å². The molecule has 2 aromatic rings. The minimum Gasteiger partial charge on any atom is -0.507 e. The second-order valence-electron chi connectivity index (χ2n) is 9.83. The third-order valence-electron chi connectivity index (χ3n) is 7.41. The molecule has 6 rings (SSSR count). The third-order valence-corrected chi connectivity index (χ3v) is 7.41. The van der Waals surface area contributed by atoms with Crippen LogP contribution in [0.25, 0.3) is 11.1 Å². The molecule has 27 heavy (non-hydrogen) atoms. The van der Waals surface area contributed by atoms with Gasteiger partial charge in [0.25, 0.3) is 0 Å². The first-order chi connectivity index (χ1) is 13.0. The third kappa shape index (κ3) is 2.99. The van der Waals surface area contributed by atoms with E-state index < -0.39 is 0 Å². The van der Waals surface area contributed by atoms with E-state index in [0.717, 1.165) is 41.0 Å². The van der Waals surface area contributed by atoms with Gasteiger partial charge in [-0.3, -0.25) is 0 Å². The molecular weight excluding hydrogens is 330 g/mol. The summed E-state index contributed by atoms with van der Waals surface area (Å²) in [5, 5.41) is 11.1. The standard InChI is InChI=1S/C25H31NO/c1-26(2)16-21-11-22(12-23(24(21)27)20-6-4-3-5-7-20)25-13-17-8-18(14-25)10-19(9-17)15-25/h3-7,11-12,17-19,27H,8-10,13-16H2,1-2H3. The van der Waals surface area contributed by atoms with E-state index in [4.69, 9.17) is 0 Å². The highest BCUT2D eigenvalue weighted by Gasteiger charge is 2.51. The first-order valence-electron chi connectivity index (χ1n) is 10.6. The number of phenols is 1. The van der Waals surface area contributed by atoms with Gasteiger partial charge < -0.3 is 10.0 Å². The Bertz CT molecular complexity index is 804. The first kappa shape index (κ1) is 17.3. The van der Waals surface area contributed by atoms with Crippen LogP contribution in [0.1, 0.15) is 49.7 Å². The molecule has 0 unspecified atom stereocenters. The van der Waals surface area contributed by atoms with E-state index in [1.807, 2.05) is 6.07 Å². The van der Waals surface area contributed by atoms with Crippen molar-refractivity contribution in [3.8, 4) is 16.9 Å². The van der Waals surface area contributed by atoms with Gasteiger partial charge in [-0.25, -0.2) is 0 Å². The lowest BCUT2D eigenvalue weighted by molar-refractivity contribution is -0.00523. The average molecular weight is 362 g/mol. The summed E-state index contributed by atoms with van der Waals surface area (Å²) in [4.78, 5) is 2.16. The molecule has 4 bridgehead atoms. The van der Waals surface area contributed by atoms with Crippen molar-refractivity contribution < 1.29 is 5.11 Å². The van der Waals surface area contributed by atoms with Crippen LogP contribution >= 0.6 is 0 Å². The van der Waals surface area contributed by atoms with Crippen LogP contribution in [0.4, 0.5) is 0 Å². The van der Waals surface area contributed by atoms with Gasteiger partial charge in [0.15, 0.2) is 0 Å². The smallest absolute Gasteiger partial charge is 0.127 e. The number of hydrogen-bond donors (Lipinski definition) is 1. The maximum Gasteiger partial charge on any atom is 0.127 e. The van der Waals surface area contributed by atoms with Crippen molar-refractivity contribution in [2.75, 3.05) is 14.1 Å². The molecule has 0 saturated heterocycles. The maximum atomic E-state index is 11.1. The molecule has 4 aliphatic carbocycles. The van der Waals surface area contributed by atoms with Gasteiger partial charge in [-0.1, -0.05) is 36.4 Å². The molecule has 1 N–H and O–H groups in total. The van der Waals surface area contributed by atoms with Gasteiger partial charge in [0.1, 0.15) is 5.75 Å². The van der Waals surface area contributed by atoms with Crippen LogP contribution in [0.3, 0.4) is 0 Å². The van der Waals surface area contributed by atoms with E-state index in [-0.39, 0.29) is 0 Å². The molecule has 142 valence electrons. The SMILES string of the molecule is CN(C)Cc1cc(C23CC4CC(CC(C4)C2)C3)cc(-c2ccccc2)c1O. The van der Waals surface area contributed by atoms with Crippen molar-refractivity contribution in [3.05, 3.63) is 53.6 Å². The van der Waals surface area contributed by atoms with E-state index in [2.05, 4.69) is 55.4 Å². The van der Waals surface area contributed by atoms with E-state index in [0.29, 0.717) is 11.2 Å². The molecule has 0 heterocycles. The molecule has 0 atom stereocenters. The number of hydrogen-bond acceptors (Lipinski definition) is 2. The summed E-state index contributed by atoms with van der Waals surface area (Å²) >= 11 is 0. The first-order valence-corrected chi connectivity index (χ1v) is 10.6. The maximum absolute atomic E-state index is 11.1. The number of aromatic hydroxyl groups is 1. The van der Waals surface area contributed by atoms with Crippen LogP contribution in [-0.4, -0.2) is 24.1 Å². The molecular formula is C25H31NO. The Labute approximate surface area is 163 Å². The zero-order valence-electron chi connectivity index (χ0n) is 16.6. The molecule has 0 amide bonds. The van der Waals surface area contributed by atoms with Gasteiger partial charge in [0.05, 0.1) is 0 Å². The van der Waals surface area contributed by atoms with E-state index >= 15 is 0 Å². The highest BCUT2D eigenvalue weighted by Crippen LogP contribution is 2.61. The van der Waals surface area contributed by atoms with Gasteiger partial charge in [-0.15, -0.1) is 0 Å². The van der Waals surface area contributed by atoms with Crippen molar-refractivity contribution in [2.45, 2.75) is 50.5 Å². The molecule has 4 saturated carbocycles. The van der Waals surface area contributed by atoms with E-state index in [9.17, 15) is 5.11 Å². The summed E-state index contributed by atoms with van der Waals surface area (Å²) in [5.41, 5.74) is 5.07. The lowest BCUT2D eigenvalue weighted by Gasteiger charge is -2.57. The topological polar surface area (TPSA) is 23.5 Å². The fourth-order valence-electron chi connectivity index (χ4n) is 6.76. The fourth-order valence-corrected chi connectivity index (χ4v) is 6.76. The minimum absolute atomic E-state index is 0.354. The zero-order valence-corrected chi connectivity index (χ0v) is 16.6. The van der Waals surface area contributed by atoms with Crippen molar-refractivity contribution >= 4 is 0 Å². The largest absolute Gasteiger partial charge is 0.507 e. The summed E-state index contributed by atoms with van der Waals surface area (Å²) in [6.07, 6.45) is 8.48. The van der Waals surface area contributed by atoms with Crippen LogP contribution in [0, 0.1) is 17.8 Å².